The summed E-state index contributed by atoms with van der Waals surface area (Å²) in [5, 5.41) is 11.5. The van der Waals surface area contributed by atoms with Gasteiger partial charge in [-0.15, -0.1) is 11.3 Å². The minimum absolute atomic E-state index is 0.357. The van der Waals surface area contributed by atoms with E-state index in [1.54, 1.807) is 23.5 Å². The van der Waals surface area contributed by atoms with E-state index in [0.717, 1.165) is 11.1 Å². The van der Waals surface area contributed by atoms with Crippen molar-refractivity contribution in [3.05, 3.63) is 89.1 Å². The molecule has 0 aliphatic carbocycles. The van der Waals surface area contributed by atoms with Crippen LogP contribution in [0.3, 0.4) is 0 Å². The molecule has 29 heavy (non-hydrogen) atoms. The molecule has 0 fully saturated rings. The molecule has 0 spiro atoms. The van der Waals surface area contributed by atoms with Crippen LogP contribution in [-0.4, -0.2) is 23.0 Å². The third-order valence-electron chi connectivity index (χ3n) is 4.77. The van der Waals surface area contributed by atoms with Crippen molar-refractivity contribution in [1.82, 2.24) is 0 Å². The Balaban J connectivity index is 1.82. The van der Waals surface area contributed by atoms with E-state index in [2.05, 4.69) is 6.58 Å². The zero-order valence-corrected chi connectivity index (χ0v) is 17.1. The van der Waals surface area contributed by atoms with Gasteiger partial charge in [0.15, 0.2) is 0 Å². The van der Waals surface area contributed by atoms with Crippen molar-refractivity contribution in [3.63, 3.8) is 0 Å². The van der Waals surface area contributed by atoms with Crippen molar-refractivity contribution in [2.75, 3.05) is 4.90 Å². The largest absolute Gasteiger partial charge is 0.480 e. The lowest BCUT2D eigenvalue weighted by molar-refractivity contribution is -0.139. The molecule has 5 heteroatoms. The molecule has 0 saturated carbocycles. The van der Waals surface area contributed by atoms with Gasteiger partial charge in [-0.1, -0.05) is 55.1 Å². The van der Waals surface area contributed by atoms with Gasteiger partial charge in [-0.2, -0.15) is 0 Å². The molecule has 0 aliphatic heterocycles. The van der Waals surface area contributed by atoms with Crippen LogP contribution < -0.4 is 4.90 Å². The Morgan fingerprint density at radius 3 is 2.24 bits per heavy atom. The minimum atomic E-state index is -1.06. The summed E-state index contributed by atoms with van der Waals surface area (Å²) in [6.45, 7) is 5.44. The van der Waals surface area contributed by atoms with Crippen molar-refractivity contribution in [2.45, 2.75) is 25.8 Å². The predicted molar refractivity (Wildman–Crippen MR) is 118 cm³/mol. The molecule has 2 aromatic carbocycles. The summed E-state index contributed by atoms with van der Waals surface area (Å²) in [6, 6.07) is 20.2. The van der Waals surface area contributed by atoms with E-state index in [1.165, 1.54) is 16.7 Å². The van der Waals surface area contributed by atoms with E-state index in [9.17, 15) is 14.7 Å². The van der Waals surface area contributed by atoms with E-state index in [-0.39, 0.29) is 5.91 Å². The van der Waals surface area contributed by atoms with Crippen molar-refractivity contribution in [2.24, 2.45) is 0 Å². The number of carbonyl (C=O) groups is 2. The number of aliphatic carboxylic acids is 1. The molecule has 0 aliphatic rings. The summed E-state index contributed by atoms with van der Waals surface area (Å²) in [7, 11) is 0. The van der Waals surface area contributed by atoms with Crippen LogP contribution in [-0.2, 0) is 16.0 Å². The highest BCUT2D eigenvalue weighted by atomic mass is 32.1. The molecule has 0 saturated heterocycles. The number of carbonyl (C=O) groups excluding carboxylic acids is 1. The van der Waals surface area contributed by atoms with Crippen LogP contribution in [0.4, 0.5) is 5.69 Å². The van der Waals surface area contributed by atoms with Gasteiger partial charge in [0.2, 0.25) is 0 Å². The van der Waals surface area contributed by atoms with Crippen LogP contribution in [0.1, 0.15) is 18.2 Å². The lowest BCUT2D eigenvalue weighted by atomic mass is 10.0. The van der Waals surface area contributed by atoms with Crippen LogP contribution in [0.2, 0.25) is 0 Å². The molecule has 1 N–H and O–H groups in total. The van der Waals surface area contributed by atoms with Crippen LogP contribution in [0.15, 0.2) is 84.3 Å². The molecule has 1 aromatic heterocycles. The number of nitrogens with zero attached hydrogens (tertiary/aromatic N) is 1. The number of benzene rings is 2. The Bertz CT molecular complexity index is 979. The monoisotopic (exact) mass is 405 g/mol. The summed E-state index contributed by atoms with van der Waals surface area (Å²) in [5.41, 5.74) is 3.00. The quantitative estimate of drug-likeness (QED) is 0.510. The van der Waals surface area contributed by atoms with Gasteiger partial charge < -0.3 is 5.11 Å². The molecule has 0 bridgehead atoms. The number of hydrogen-bond acceptors (Lipinski definition) is 3. The topological polar surface area (TPSA) is 57.6 Å². The molecule has 1 amide bonds. The van der Waals surface area contributed by atoms with Crippen LogP contribution in [0, 0.1) is 0 Å². The van der Waals surface area contributed by atoms with Gasteiger partial charge in [0.05, 0.1) is 0 Å². The summed E-state index contributed by atoms with van der Waals surface area (Å²) < 4.78 is 0. The fourth-order valence-corrected chi connectivity index (χ4v) is 3.79. The maximum absolute atomic E-state index is 13.1. The number of anilines is 1. The second-order valence-corrected chi connectivity index (χ2v) is 7.82. The third kappa shape index (κ3) is 5.00. The van der Waals surface area contributed by atoms with E-state index < -0.39 is 12.0 Å². The maximum Gasteiger partial charge on any atom is 0.326 e. The second kappa shape index (κ2) is 9.34. The van der Waals surface area contributed by atoms with Crippen molar-refractivity contribution in [3.8, 4) is 11.1 Å². The average Bonchev–Trinajstić information content (AvgIpc) is 3.26. The Morgan fingerprint density at radius 2 is 1.66 bits per heavy atom. The normalized spacial score (nSPS) is 11.6. The second-order valence-electron chi connectivity index (χ2n) is 6.79. The van der Waals surface area contributed by atoms with Crippen LogP contribution in [0.5, 0.6) is 0 Å². The van der Waals surface area contributed by atoms with E-state index in [0.29, 0.717) is 24.1 Å². The molecule has 3 aromatic rings. The predicted octanol–water partition coefficient (Wildman–Crippen LogP) is 5.41. The van der Waals surface area contributed by atoms with E-state index in [4.69, 9.17) is 0 Å². The Hall–Kier alpha value is -3.18. The highest BCUT2D eigenvalue weighted by Crippen LogP contribution is 2.26. The molecule has 1 heterocycles. The maximum atomic E-state index is 13.1. The molecule has 3 rings (SSSR count). The van der Waals surface area contributed by atoms with E-state index >= 15 is 0 Å². The minimum Gasteiger partial charge on any atom is -0.480 e. The first-order chi connectivity index (χ1) is 14.0. The van der Waals surface area contributed by atoms with E-state index in [1.807, 2.05) is 60.0 Å². The van der Waals surface area contributed by atoms with Crippen molar-refractivity contribution in [1.29, 1.82) is 0 Å². The summed E-state index contributed by atoms with van der Waals surface area (Å²) in [6.07, 6.45) is 1.20. The molecular formula is C24H23NO3S. The SMILES string of the molecule is C=C(CCc1cccs1)C(=O)N(c1ccc(-c2ccccc2)cc1)[C@@H](C)C(=O)O. The molecule has 1 atom stereocenters. The fourth-order valence-electron chi connectivity index (χ4n) is 3.08. The summed E-state index contributed by atoms with van der Waals surface area (Å²) in [5.74, 6) is -1.42. The number of hydrogen-bond donors (Lipinski definition) is 1. The standard InChI is InChI=1S/C24H23NO3S/c1-17(10-15-22-9-6-16-29-22)23(26)25(18(2)24(27)28)21-13-11-20(12-14-21)19-7-4-3-5-8-19/h3-9,11-14,16,18H,1,10,15H2,2H3,(H,27,28)/t18-/m0/s1. The third-order valence-corrected chi connectivity index (χ3v) is 5.71. The smallest absolute Gasteiger partial charge is 0.326 e. The lowest BCUT2D eigenvalue weighted by Crippen LogP contribution is -2.44. The van der Waals surface area contributed by atoms with Crippen LogP contribution >= 0.6 is 11.3 Å². The first kappa shape index (κ1) is 20.6. The van der Waals surface area contributed by atoms with Gasteiger partial charge in [-0.25, -0.2) is 4.79 Å². The van der Waals surface area contributed by atoms with Gasteiger partial charge in [-0.3, -0.25) is 9.69 Å². The summed E-state index contributed by atoms with van der Waals surface area (Å²) in [4.78, 5) is 27.2. The highest BCUT2D eigenvalue weighted by Gasteiger charge is 2.28. The number of aryl methyl sites for hydroxylation is 1. The zero-order valence-electron chi connectivity index (χ0n) is 16.2. The molecule has 148 valence electrons. The Morgan fingerprint density at radius 1 is 1.00 bits per heavy atom. The van der Waals surface area contributed by atoms with Crippen molar-refractivity contribution >= 4 is 28.9 Å². The Kier molecular flexibility index (Phi) is 6.62. The number of thiophene rings is 1. The molecule has 4 nitrogen and oxygen atoms in total. The van der Waals surface area contributed by atoms with Crippen LogP contribution in [0.25, 0.3) is 11.1 Å². The van der Waals surface area contributed by atoms with Gasteiger partial charge >= 0.3 is 5.97 Å². The average molecular weight is 406 g/mol. The number of rotatable bonds is 8. The summed E-state index contributed by atoms with van der Waals surface area (Å²) >= 11 is 1.63. The molecule has 0 unspecified atom stereocenters. The molecule has 0 radical (unpaired) electrons. The fraction of sp³-hybridized carbons (Fsp3) is 0.167. The zero-order chi connectivity index (χ0) is 20.8. The van der Waals surface area contributed by atoms with Gasteiger partial charge in [0.25, 0.3) is 5.91 Å². The number of amides is 1. The van der Waals surface area contributed by atoms with Gasteiger partial charge in [0, 0.05) is 16.1 Å². The highest BCUT2D eigenvalue weighted by molar-refractivity contribution is 7.09. The lowest BCUT2D eigenvalue weighted by Gasteiger charge is -2.27. The number of carboxylic acid groups (broad SMARTS) is 1. The van der Waals surface area contributed by atoms with Gasteiger partial charge in [-0.05, 0) is 54.5 Å². The first-order valence-electron chi connectivity index (χ1n) is 9.39. The molecular weight excluding hydrogens is 382 g/mol. The van der Waals surface area contributed by atoms with Crippen molar-refractivity contribution < 1.29 is 14.7 Å². The Labute approximate surface area is 174 Å². The van der Waals surface area contributed by atoms with Gasteiger partial charge in [0.1, 0.15) is 6.04 Å². The number of carboxylic acids is 1. The first-order valence-corrected chi connectivity index (χ1v) is 10.3.